The van der Waals surface area contributed by atoms with Gasteiger partial charge in [0, 0.05) is 5.41 Å². The van der Waals surface area contributed by atoms with E-state index in [1.807, 2.05) is 27.7 Å². The van der Waals surface area contributed by atoms with Crippen LogP contribution >= 0.6 is 0 Å². The van der Waals surface area contributed by atoms with Crippen LogP contribution in [-0.2, 0) is 5.41 Å². The summed E-state index contributed by atoms with van der Waals surface area (Å²) >= 11 is 0. The Hall–Kier alpha value is -1.08. The molecule has 1 N–H and O–H groups in total. The molecule has 1 fully saturated rings. The van der Waals surface area contributed by atoms with E-state index in [4.69, 9.17) is 0 Å². The molecule has 1 aliphatic heterocycles. The van der Waals surface area contributed by atoms with Gasteiger partial charge in [-0.15, -0.1) is 0 Å². The Balaban J connectivity index is 0.000000476. The van der Waals surface area contributed by atoms with Crippen LogP contribution < -0.4 is 5.32 Å². The van der Waals surface area contributed by atoms with E-state index in [0.717, 1.165) is 13.1 Å². The summed E-state index contributed by atoms with van der Waals surface area (Å²) in [4.78, 5) is 0. The van der Waals surface area contributed by atoms with Gasteiger partial charge in [0.15, 0.2) is 0 Å². The second-order valence-electron chi connectivity index (χ2n) is 5.33. The fraction of sp³-hybridized carbons (Fsp3) is 0.619. The van der Waals surface area contributed by atoms with E-state index in [9.17, 15) is 0 Å². The second kappa shape index (κ2) is 12.5. The van der Waals surface area contributed by atoms with Gasteiger partial charge in [0.1, 0.15) is 0 Å². The number of fused-ring (bicyclic) bond motifs is 2. The van der Waals surface area contributed by atoms with Crippen molar-refractivity contribution in [3.63, 3.8) is 0 Å². The lowest BCUT2D eigenvalue weighted by Gasteiger charge is -2.33. The van der Waals surface area contributed by atoms with Crippen LogP contribution in [0.5, 0.6) is 0 Å². The van der Waals surface area contributed by atoms with E-state index in [-0.39, 0.29) is 0 Å². The maximum absolute atomic E-state index is 3.43. The number of hydrogen-bond acceptors (Lipinski definition) is 1. The highest BCUT2D eigenvalue weighted by atomic mass is 14.9. The lowest BCUT2D eigenvalue weighted by atomic mass is 9.75. The number of allylic oxidation sites excluding steroid dienone is 1. The maximum atomic E-state index is 3.43. The van der Waals surface area contributed by atoms with E-state index < -0.39 is 0 Å². The molecule has 0 saturated carbocycles. The maximum Gasteiger partial charge on any atom is 0.0165 e. The third-order valence-corrected chi connectivity index (χ3v) is 4.07. The minimum atomic E-state index is 0.363. The molecule has 2 aliphatic rings. The molecule has 22 heavy (non-hydrogen) atoms. The van der Waals surface area contributed by atoms with Gasteiger partial charge >= 0.3 is 0 Å². The van der Waals surface area contributed by atoms with Gasteiger partial charge in [0.05, 0.1) is 0 Å². The summed E-state index contributed by atoms with van der Waals surface area (Å²) in [5.41, 5.74) is 3.33. The molecule has 0 unspecified atom stereocenters. The topological polar surface area (TPSA) is 12.0 Å². The van der Waals surface area contributed by atoms with Crippen LogP contribution in [0.2, 0.25) is 0 Å². The summed E-state index contributed by atoms with van der Waals surface area (Å²) in [5.74, 6) is 0. The van der Waals surface area contributed by atoms with Crippen molar-refractivity contribution in [3.8, 4) is 0 Å². The first-order chi connectivity index (χ1) is 10.8. The predicted molar refractivity (Wildman–Crippen MR) is 103 cm³/mol. The first-order valence-electron chi connectivity index (χ1n) is 9.32. The average Bonchev–Trinajstić information content (AvgIpc) is 2.98. The van der Waals surface area contributed by atoms with Crippen molar-refractivity contribution >= 4 is 6.08 Å². The molecular weight excluding hydrogens is 266 g/mol. The Labute approximate surface area is 139 Å². The molecule has 0 radical (unpaired) electrons. The Bertz CT molecular complexity index is 398. The molecule has 1 heterocycles. The Morgan fingerprint density at radius 1 is 0.909 bits per heavy atom. The van der Waals surface area contributed by atoms with Crippen LogP contribution in [0.15, 0.2) is 30.3 Å². The van der Waals surface area contributed by atoms with Crippen molar-refractivity contribution < 1.29 is 0 Å². The zero-order valence-corrected chi connectivity index (χ0v) is 15.7. The summed E-state index contributed by atoms with van der Waals surface area (Å²) < 4.78 is 0. The highest BCUT2D eigenvalue weighted by Crippen LogP contribution is 2.41. The molecule has 3 rings (SSSR count). The van der Waals surface area contributed by atoms with Gasteiger partial charge in [-0.1, -0.05) is 90.8 Å². The summed E-state index contributed by atoms with van der Waals surface area (Å²) in [7, 11) is 0. The van der Waals surface area contributed by atoms with Crippen molar-refractivity contribution in [2.45, 2.75) is 72.6 Å². The van der Waals surface area contributed by atoms with Crippen LogP contribution in [0.4, 0.5) is 0 Å². The van der Waals surface area contributed by atoms with Crippen molar-refractivity contribution in [1.82, 2.24) is 5.32 Å². The van der Waals surface area contributed by atoms with Gasteiger partial charge < -0.3 is 5.32 Å². The van der Waals surface area contributed by atoms with Crippen LogP contribution in [0, 0.1) is 0 Å². The molecule has 1 aromatic carbocycles. The monoisotopic (exact) mass is 303 g/mol. The summed E-state index contributed by atoms with van der Waals surface area (Å²) in [6.45, 7) is 14.7. The molecular formula is C21H37N. The van der Waals surface area contributed by atoms with E-state index in [0.29, 0.717) is 5.41 Å². The molecule has 1 heteroatoms. The molecule has 0 aromatic heterocycles. The predicted octanol–water partition coefficient (Wildman–Crippen LogP) is 6.19. The number of benzene rings is 1. The van der Waals surface area contributed by atoms with E-state index in [1.165, 1.54) is 31.2 Å². The fourth-order valence-electron chi connectivity index (χ4n) is 2.74. The molecule has 0 amide bonds. The van der Waals surface area contributed by atoms with Crippen LogP contribution in [-0.4, -0.2) is 13.1 Å². The number of rotatable bonds is 1. The Morgan fingerprint density at radius 2 is 1.45 bits per heavy atom. The van der Waals surface area contributed by atoms with E-state index in [2.05, 4.69) is 55.6 Å². The average molecular weight is 304 g/mol. The van der Waals surface area contributed by atoms with Gasteiger partial charge in [-0.05, 0) is 37.1 Å². The van der Waals surface area contributed by atoms with Crippen molar-refractivity contribution in [2.75, 3.05) is 13.1 Å². The number of nitrogens with one attached hydrogen (secondary N) is 1. The fourth-order valence-corrected chi connectivity index (χ4v) is 2.74. The Morgan fingerprint density at radius 3 is 2.00 bits per heavy atom. The van der Waals surface area contributed by atoms with Crippen molar-refractivity contribution in [3.05, 3.63) is 41.5 Å². The van der Waals surface area contributed by atoms with Crippen molar-refractivity contribution in [1.29, 1.82) is 0 Å². The minimum Gasteiger partial charge on any atom is -0.317 e. The van der Waals surface area contributed by atoms with Crippen LogP contribution in [0.3, 0.4) is 0 Å². The lowest BCUT2D eigenvalue weighted by molar-refractivity contribution is 0.378. The molecule has 1 aliphatic carbocycles. The Kier molecular flexibility index (Phi) is 11.9. The number of unbranched alkanes of at least 4 members (excludes halogenated alkanes) is 1. The molecule has 1 nitrogen and oxygen atoms in total. The third-order valence-electron chi connectivity index (χ3n) is 4.07. The summed E-state index contributed by atoms with van der Waals surface area (Å²) in [6.07, 6.45) is 9.85. The summed E-state index contributed by atoms with van der Waals surface area (Å²) in [5, 5.41) is 3.43. The normalized spacial score (nSPS) is 16.3. The molecule has 0 bridgehead atoms. The molecule has 126 valence electrons. The highest BCUT2D eigenvalue weighted by Gasteiger charge is 2.35. The SMILES string of the molecule is C1=CC2(CCNCC2)c2ccccc21.CC.CC.CCCC. The molecule has 1 saturated heterocycles. The quantitative estimate of drug-likeness (QED) is 0.652. The first kappa shape index (κ1) is 20.9. The standard InChI is InChI=1S/C13H15N.C4H10.2C2H6/c1-2-4-12-11(3-1)5-6-13(12)7-9-14-10-8-13;1-3-4-2;2*1-2/h1-6,14H,7-10H2;3-4H2,1-2H3;2*1-2H3. The smallest absolute Gasteiger partial charge is 0.0165 e. The van der Waals surface area contributed by atoms with Crippen LogP contribution in [0.25, 0.3) is 6.08 Å². The van der Waals surface area contributed by atoms with Gasteiger partial charge in [-0.2, -0.15) is 0 Å². The lowest BCUT2D eigenvalue weighted by Crippen LogP contribution is -2.37. The third kappa shape index (κ3) is 5.61. The van der Waals surface area contributed by atoms with Gasteiger partial charge in [-0.3, -0.25) is 0 Å². The van der Waals surface area contributed by atoms with Gasteiger partial charge in [0.25, 0.3) is 0 Å². The number of hydrogen-bond donors (Lipinski definition) is 1. The molecule has 1 aromatic rings. The summed E-state index contributed by atoms with van der Waals surface area (Å²) in [6, 6.07) is 8.81. The largest absolute Gasteiger partial charge is 0.317 e. The highest BCUT2D eigenvalue weighted by molar-refractivity contribution is 5.65. The van der Waals surface area contributed by atoms with Crippen molar-refractivity contribution in [2.24, 2.45) is 0 Å². The van der Waals surface area contributed by atoms with Gasteiger partial charge in [0.2, 0.25) is 0 Å². The zero-order chi connectivity index (χ0) is 16.8. The second-order valence-corrected chi connectivity index (χ2v) is 5.33. The van der Waals surface area contributed by atoms with E-state index in [1.54, 1.807) is 5.56 Å². The zero-order valence-electron chi connectivity index (χ0n) is 15.7. The van der Waals surface area contributed by atoms with Gasteiger partial charge in [-0.25, -0.2) is 0 Å². The molecule has 0 atom stereocenters. The molecule has 1 spiro atoms. The van der Waals surface area contributed by atoms with Crippen LogP contribution in [0.1, 0.15) is 78.4 Å². The van der Waals surface area contributed by atoms with E-state index >= 15 is 0 Å². The minimum absolute atomic E-state index is 0.363. The first-order valence-corrected chi connectivity index (χ1v) is 9.32. The number of piperidine rings is 1.